The van der Waals surface area contributed by atoms with Gasteiger partial charge in [0.15, 0.2) is 11.6 Å². The number of hydrogen-bond acceptors (Lipinski definition) is 7. The lowest BCUT2D eigenvalue weighted by molar-refractivity contribution is -0.118. The van der Waals surface area contributed by atoms with E-state index in [0.29, 0.717) is 30.2 Å². The van der Waals surface area contributed by atoms with E-state index in [1.165, 1.54) is 17.4 Å². The number of nitrogens with one attached hydrogen (secondary N) is 1. The van der Waals surface area contributed by atoms with E-state index < -0.39 is 11.9 Å². The van der Waals surface area contributed by atoms with Crippen LogP contribution < -0.4 is 10.1 Å². The van der Waals surface area contributed by atoms with Crippen molar-refractivity contribution in [3.05, 3.63) is 60.3 Å². The third-order valence-electron chi connectivity index (χ3n) is 6.58. The molecule has 4 aromatic rings. The third-order valence-corrected chi connectivity index (χ3v) is 7.77. The first kappa shape index (κ1) is 24.5. The van der Waals surface area contributed by atoms with Crippen molar-refractivity contribution in [2.75, 3.05) is 6.61 Å². The van der Waals surface area contributed by atoms with Gasteiger partial charge in [0.1, 0.15) is 18.1 Å². The normalized spacial score (nSPS) is 15.0. The Morgan fingerprint density at radius 1 is 1.13 bits per heavy atom. The van der Waals surface area contributed by atoms with Crippen molar-refractivity contribution in [1.29, 1.82) is 0 Å². The monoisotopic (exact) mass is 534 g/mol. The fourth-order valence-electron chi connectivity index (χ4n) is 4.22. The molecule has 0 saturated heterocycles. The van der Waals surface area contributed by atoms with Gasteiger partial charge in [-0.1, -0.05) is 6.07 Å². The quantitative estimate of drug-likeness (QED) is 0.258. The minimum absolute atomic E-state index is 0.101. The minimum atomic E-state index is -0.502. The molecule has 2 saturated carbocycles. The van der Waals surface area contributed by atoms with Crippen LogP contribution in [0.3, 0.4) is 0 Å². The Labute approximate surface area is 222 Å². The third kappa shape index (κ3) is 6.02. The molecular formula is C28H27FN4O4S. The lowest BCUT2D eigenvalue weighted by Crippen LogP contribution is -2.27. The van der Waals surface area contributed by atoms with Crippen LogP contribution in [0.2, 0.25) is 0 Å². The lowest BCUT2D eigenvalue weighted by Gasteiger charge is -2.09. The molecule has 8 nitrogen and oxygen atoms in total. The number of nitrogens with zero attached hydrogens (tertiary/aromatic N) is 3. The number of halogens is 1. The summed E-state index contributed by atoms with van der Waals surface area (Å²) in [7, 11) is 0. The van der Waals surface area contributed by atoms with E-state index in [2.05, 4.69) is 15.4 Å². The number of benzene rings is 1. The Hall–Kier alpha value is -3.79. The Bertz CT molecular complexity index is 1490. The first-order chi connectivity index (χ1) is 18.5. The van der Waals surface area contributed by atoms with E-state index in [0.717, 1.165) is 46.3 Å². The van der Waals surface area contributed by atoms with Crippen LogP contribution in [-0.4, -0.2) is 39.3 Å². The van der Waals surface area contributed by atoms with Gasteiger partial charge in [0.25, 0.3) is 0 Å². The van der Waals surface area contributed by atoms with Crippen LogP contribution in [0.4, 0.5) is 9.18 Å². The lowest BCUT2D eigenvalue weighted by atomic mass is 10.0. The number of ether oxygens (including phenoxy) is 2. The molecule has 0 aliphatic heterocycles. The molecule has 0 bridgehead atoms. The molecule has 1 amide bonds. The van der Waals surface area contributed by atoms with Crippen molar-refractivity contribution in [2.24, 2.45) is 5.92 Å². The van der Waals surface area contributed by atoms with Crippen molar-refractivity contribution in [3.8, 4) is 21.9 Å². The second kappa shape index (κ2) is 10.5. The number of aromatic nitrogens is 3. The molecule has 1 N–H and O–H groups in total. The van der Waals surface area contributed by atoms with Crippen molar-refractivity contribution in [1.82, 2.24) is 20.1 Å². The first-order valence-corrected chi connectivity index (χ1v) is 13.6. The number of pyridine rings is 1. The van der Waals surface area contributed by atoms with Crippen LogP contribution >= 0.6 is 11.3 Å². The number of amides is 1. The number of fused-ring (bicyclic) bond motifs is 1. The average Bonchev–Trinajstić information content (AvgIpc) is 3.78. The van der Waals surface area contributed by atoms with Gasteiger partial charge in [-0.2, -0.15) is 5.10 Å². The fourth-order valence-corrected chi connectivity index (χ4v) is 5.26. The van der Waals surface area contributed by atoms with E-state index in [4.69, 9.17) is 9.47 Å². The molecule has 38 heavy (non-hydrogen) atoms. The van der Waals surface area contributed by atoms with E-state index in [1.807, 2.05) is 12.3 Å². The Kier molecular flexibility index (Phi) is 6.80. The highest BCUT2D eigenvalue weighted by Gasteiger charge is 2.25. The van der Waals surface area contributed by atoms with Crippen molar-refractivity contribution < 1.29 is 23.5 Å². The summed E-state index contributed by atoms with van der Waals surface area (Å²) in [5.74, 6) is 0.776. The van der Waals surface area contributed by atoms with E-state index in [1.54, 1.807) is 35.3 Å². The van der Waals surface area contributed by atoms with Crippen LogP contribution in [-0.2, 0) is 22.5 Å². The smallest absolute Gasteiger partial charge is 0.407 e. The zero-order chi connectivity index (χ0) is 26.1. The second-order valence-corrected chi connectivity index (χ2v) is 11.0. The summed E-state index contributed by atoms with van der Waals surface area (Å²) in [5.41, 5.74) is 2.29. The maximum absolute atomic E-state index is 14.9. The molecule has 2 fully saturated rings. The summed E-state index contributed by atoms with van der Waals surface area (Å²) >= 11 is 1.48. The summed E-state index contributed by atoms with van der Waals surface area (Å²) in [6, 6.07) is 8.62. The SMILES string of the molecule is O=C(Cc1ccc(Oc2ccnc3cc(-c4cnn(CCOC(=O)NC5CC5)c4)sc23)c(F)c1)CC1CC1. The number of rotatable bonds is 11. The number of thiophene rings is 1. The molecule has 0 atom stereocenters. The van der Waals surface area contributed by atoms with Crippen molar-refractivity contribution >= 4 is 33.4 Å². The topological polar surface area (TPSA) is 95.3 Å². The van der Waals surface area contributed by atoms with Gasteiger partial charge in [-0.25, -0.2) is 9.18 Å². The number of alkyl carbamates (subject to hydrolysis) is 1. The molecule has 2 aliphatic rings. The predicted molar refractivity (Wildman–Crippen MR) is 141 cm³/mol. The van der Waals surface area contributed by atoms with Gasteiger partial charge >= 0.3 is 6.09 Å². The minimum Gasteiger partial charge on any atom is -0.453 e. The molecular weight excluding hydrogens is 507 g/mol. The average molecular weight is 535 g/mol. The van der Waals surface area contributed by atoms with E-state index in [-0.39, 0.29) is 30.6 Å². The maximum Gasteiger partial charge on any atom is 0.407 e. The summed E-state index contributed by atoms with van der Waals surface area (Å²) in [5, 5.41) is 7.15. The highest BCUT2D eigenvalue weighted by molar-refractivity contribution is 7.22. The highest BCUT2D eigenvalue weighted by Crippen LogP contribution is 2.39. The molecule has 1 aromatic carbocycles. The van der Waals surface area contributed by atoms with Gasteiger partial charge in [0, 0.05) is 47.8 Å². The standard InChI is InChI=1S/C28H27FN4O4S/c29-22-13-18(12-21(34)11-17-1-2-17)3-6-24(22)37-25-7-8-30-23-14-26(38-27(23)25)19-15-31-33(16-19)9-10-36-28(35)32-20-4-5-20/h3,6-8,13-17,20H,1-2,4-5,9-12H2,(H,32,35). The van der Waals surface area contributed by atoms with E-state index >= 15 is 0 Å². The molecule has 0 spiro atoms. The van der Waals surface area contributed by atoms with Gasteiger partial charge in [0.05, 0.1) is 23.0 Å². The Morgan fingerprint density at radius 2 is 2.00 bits per heavy atom. The molecule has 0 radical (unpaired) electrons. The van der Waals surface area contributed by atoms with Gasteiger partial charge in [0.2, 0.25) is 0 Å². The number of Topliss-reactive ketones (excluding diaryl/α,β-unsaturated/α-hetero) is 1. The molecule has 10 heteroatoms. The molecule has 3 heterocycles. The van der Waals surface area contributed by atoms with Crippen molar-refractivity contribution in [2.45, 2.75) is 51.1 Å². The zero-order valence-corrected chi connectivity index (χ0v) is 21.5. The maximum atomic E-state index is 14.9. The first-order valence-electron chi connectivity index (χ1n) is 12.8. The van der Waals surface area contributed by atoms with Gasteiger partial charge in [-0.05, 0) is 55.4 Å². The summed E-state index contributed by atoms with van der Waals surface area (Å²) < 4.78 is 28.5. The van der Waals surface area contributed by atoms with Crippen molar-refractivity contribution in [3.63, 3.8) is 0 Å². The van der Waals surface area contributed by atoms with Gasteiger partial charge < -0.3 is 14.8 Å². The number of carbonyl (C=O) groups is 2. The van der Waals surface area contributed by atoms with Crippen LogP contribution in [0.25, 0.3) is 20.7 Å². The fraction of sp³-hybridized carbons (Fsp3) is 0.357. The molecule has 0 unspecified atom stereocenters. The van der Waals surface area contributed by atoms with Gasteiger partial charge in [-0.15, -0.1) is 11.3 Å². The molecule has 2 aliphatic carbocycles. The molecule has 196 valence electrons. The van der Waals surface area contributed by atoms with E-state index in [9.17, 15) is 14.0 Å². The Morgan fingerprint density at radius 3 is 2.79 bits per heavy atom. The Balaban J connectivity index is 1.11. The number of carbonyl (C=O) groups excluding carboxylic acids is 2. The number of ketones is 1. The molecule has 3 aromatic heterocycles. The largest absolute Gasteiger partial charge is 0.453 e. The highest BCUT2D eigenvalue weighted by atomic mass is 32.1. The second-order valence-electron chi connectivity index (χ2n) is 9.91. The van der Waals surface area contributed by atoms with Crippen LogP contribution in [0.5, 0.6) is 11.5 Å². The summed E-state index contributed by atoms with van der Waals surface area (Å²) in [6.45, 7) is 0.668. The van der Waals surface area contributed by atoms with Crippen LogP contribution in [0, 0.1) is 11.7 Å². The predicted octanol–water partition coefficient (Wildman–Crippen LogP) is 5.89. The summed E-state index contributed by atoms with van der Waals surface area (Å²) in [4.78, 5) is 29.2. The van der Waals surface area contributed by atoms with Crippen LogP contribution in [0.1, 0.15) is 37.7 Å². The zero-order valence-electron chi connectivity index (χ0n) is 20.7. The van der Waals surface area contributed by atoms with Crippen LogP contribution in [0.15, 0.2) is 48.9 Å². The number of hydrogen-bond donors (Lipinski definition) is 1. The van der Waals surface area contributed by atoms with Gasteiger partial charge in [-0.3, -0.25) is 14.5 Å². The summed E-state index contributed by atoms with van der Waals surface area (Å²) in [6.07, 6.45) is 9.96. The molecule has 6 rings (SSSR count).